The first kappa shape index (κ1) is 13.3. The zero-order chi connectivity index (χ0) is 14.1. The van der Waals surface area contributed by atoms with Crippen LogP contribution in [-0.4, -0.2) is 28.7 Å². The summed E-state index contributed by atoms with van der Waals surface area (Å²) in [4.78, 5) is 14.5. The smallest absolute Gasteiger partial charge is 0.287 e. The van der Waals surface area contributed by atoms with Crippen LogP contribution in [0.2, 0.25) is 0 Å². The molecule has 1 saturated heterocycles. The Hall–Kier alpha value is -1.69. The number of aromatic nitrogens is 1. The average Bonchev–Trinajstić information content (AvgIpc) is 2.90. The van der Waals surface area contributed by atoms with Gasteiger partial charge in [0.2, 0.25) is 0 Å². The number of hydrogen-bond donors (Lipinski definition) is 1. The lowest BCUT2D eigenvalue weighted by molar-refractivity contribution is -0.385. The highest BCUT2D eigenvalue weighted by atomic mass is 16.6. The summed E-state index contributed by atoms with van der Waals surface area (Å²) in [6.45, 7) is 2.70. The summed E-state index contributed by atoms with van der Waals surface area (Å²) in [5.74, 6) is 1.30. The van der Waals surface area contributed by atoms with Gasteiger partial charge in [-0.3, -0.25) is 10.1 Å². The van der Waals surface area contributed by atoms with Crippen LogP contribution in [0.15, 0.2) is 12.3 Å². The van der Waals surface area contributed by atoms with Gasteiger partial charge in [-0.05, 0) is 38.2 Å². The van der Waals surface area contributed by atoms with Crippen LogP contribution in [0, 0.1) is 23.0 Å². The van der Waals surface area contributed by atoms with Crippen molar-refractivity contribution in [3.05, 3.63) is 27.9 Å². The summed E-state index contributed by atoms with van der Waals surface area (Å²) in [5, 5.41) is 14.2. The van der Waals surface area contributed by atoms with E-state index in [1.54, 1.807) is 6.07 Å². The quantitative estimate of drug-likeness (QED) is 0.679. The Morgan fingerprint density at radius 3 is 3.05 bits per heavy atom. The number of rotatable bonds is 3. The normalized spacial score (nSPS) is 28.9. The number of pyridine rings is 1. The second-order valence-corrected chi connectivity index (χ2v) is 5.66. The molecule has 0 bridgehead atoms. The van der Waals surface area contributed by atoms with Gasteiger partial charge in [-0.15, -0.1) is 0 Å². The molecule has 2 fully saturated rings. The van der Waals surface area contributed by atoms with E-state index in [9.17, 15) is 10.1 Å². The van der Waals surface area contributed by atoms with Gasteiger partial charge < -0.3 is 10.1 Å². The van der Waals surface area contributed by atoms with E-state index in [-0.39, 0.29) is 5.69 Å². The topological polar surface area (TPSA) is 77.3 Å². The van der Waals surface area contributed by atoms with Crippen LogP contribution in [0.4, 0.5) is 11.5 Å². The first-order valence-corrected chi connectivity index (χ1v) is 7.14. The van der Waals surface area contributed by atoms with E-state index >= 15 is 0 Å². The number of hydrogen-bond acceptors (Lipinski definition) is 5. The molecule has 1 aliphatic heterocycles. The molecule has 3 unspecified atom stereocenters. The van der Waals surface area contributed by atoms with Gasteiger partial charge >= 0.3 is 0 Å². The van der Waals surface area contributed by atoms with E-state index in [1.165, 1.54) is 6.20 Å². The summed E-state index contributed by atoms with van der Waals surface area (Å²) in [6.07, 6.45) is 6.21. The molecule has 1 aromatic heterocycles. The standard InChI is InChI=1S/C14H19N3O3/c1-9-7-10(17(18)19)8-15-14(9)16-12-3-2-4-13-11(12)5-6-20-13/h7-8,11-13H,2-6H2,1H3,(H,15,16). The van der Waals surface area contributed by atoms with E-state index in [0.29, 0.717) is 18.1 Å². The predicted octanol–water partition coefficient (Wildman–Crippen LogP) is 2.67. The molecule has 1 aliphatic carbocycles. The van der Waals surface area contributed by atoms with Crippen molar-refractivity contribution in [2.75, 3.05) is 11.9 Å². The van der Waals surface area contributed by atoms with Crippen molar-refractivity contribution >= 4 is 11.5 Å². The molecule has 0 amide bonds. The fourth-order valence-electron chi connectivity index (χ4n) is 3.34. The summed E-state index contributed by atoms with van der Waals surface area (Å²) in [7, 11) is 0. The monoisotopic (exact) mass is 277 g/mol. The fourth-order valence-corrected chi connectivity index (χ4v) is 3.34. The zero-order valence-corrected chi connectivity index (χ0v) is 11.5. The highest BCUT2D eigenvalue weighted by molar-refractivity contribution is 5.49. The van der Waals surface area contributed by atoms with Gasteiger partial charge in [-0.2, -0.15) is 0 Å². The van der Waals surface area contributed by atoms with Gasteiger partial charge in [0, 0.05) is 24.6 Å². The number of fused-ring (bicyclic) bond motifs is 1. The summed E-state index contributed by atoms with van der Waals surface area (Å²) >= 11 is 0. The Kier molecular flexibility index (Phi) is 3.56. The number of aryl methyl sites for hydroxylation is 1. The van der Waals surface area contributed by atoms with Crippen molar-refractivity contribution in [1.82, 2.24) is 4.98 Å². The van der Waals surface area contributed by atoms with Crippen LogP contribution in [0.5, 0.6) is 0 Å². The maximum absolute atomic E-state index is 10.7. The molecule has 1 N–H and O–H groups in total. The van der Waals surface area contributed by atoms with Gasteiger partial charge in [-0.1, -0.05) is 0 Å². The Labute approximate surface area is 117 Å². The van der Waals surface area contributed by atoms with E-state index < -0.39 is 4.92 Å². The Morgan fingerprint density at radius 1 is 1.45 bits per heavy atom. The largest absolute Gasteiger partial charge is 0.378 e. The summed E-state index contributed by atoms with van der Waals surface area (Å²) in [6, 6.07) is 1.93. The minimum atomic E-state index is -0.411. The Balaban J connectivity index is 1.75. The second kappa shape index (κ2) is 5.36. The minimum absolute atomic E-state index is 0.0405. The first-order valence-electron chi connectivity index (χ1n) is 7.14. The van der Waals surface area contributed by atoms with Crippen LogP contribution < -0.4 is 5.32 Å². The van der Waals surface area contributed by atoms with Crippen molar-refractivity contribution in [2.45, 2.75) is 44.8 Å². The number of nitrogens with one attached hydrogen (secondary N) is 1. The van der Waals surface area contributed by atoms with Crippen LogP contribution in [0.3, 0.4) is 0 Å². The molecule has 20 heavy (non-hydrogen) atoms. The zero-order valence-electron chi connectivity index (χ0n) is 11.5. The fraction of sp³-hybridized carbons (Fsp3) is 0.643. The lowest BCUT2D eigenvalue weighted by atomic mass is 9.82. The molecule has 3 rings (SSSR count). The molecule has 6 nitrogen and oxygen atoms in total. The third kappa shape index (κ3) is 2.47. The lowest BCUT2D eigenvalue weighted by Crippen LogP contribution is -2.38. The maximum atomic E-state index is 10.7. The maximum Gasteiger partial charge on any atom is 0.287 e. The van der Waals surface area contributed by atoms with E-state index in [1.807, 2.05) is 6.92 Å². The first-order chi connectivity index (χ1) is 9.65. The van der Waals surface area contributed by atoms with Crippen molar-refractivity contribution in [3.63, 3.8) is 0 Å². The van der Waals surface area contributed by atoms with Crippen LogP contribution in [0.25, 0.3) is 0 Å². The lowest BCUT2D eigenvalue weighted by Gasteiger charge is -2.33. The SMILES string of the molecule is Cc1cc([N+](=O)[O-])cnc1NC1CCCC2OCCC12. The summed E-state index contributed by atoms with van der Waals surface area (Å²) in [5.41, 5.74) is 0.860. The molecule has 6 heteroatoms. The van der Waals surface area contributed by atoms with Gasteiger partial charge in [0.1, 0.15) is 12.0 Å². The van der Waals surface area contributed by atoms with Crippen LogP contribution in [-0.2, 0) is 4.74 Å². The molecule has 3 atom stereocenters. The number of anilines is 1. The van der Waals surface area contributed by atoms with Gasteiger partial charge in [0.05, 0.1) is 11.0 Å². The molecule has 1 saturated carbocycles. The molecular formula is C14H19N3O3. The van der Waals surface area contributed by atoms with Gasteiger partial charge in [-0.25, -0.2) is 4.98 Å². The van der Waals surface area contributed by atoms with Crippen LogP contribution in [0.1, 0.15) is 31.2 Å². The molecule has 1 aromatic rings. The van der Waals surface area contributed by atoms with Crippen molar-refractivity contribution in [3.8, 4) is 0 Å². The van der Waals surface area contributed by atoms with E-state index in [2.05, 4.69) is 10.3 Å². The second-order valence-electron chi connectivity index (χ2n) is 5.66. The number of nitrogens with zero attached hydrogens (tertiary/aromatic N) is 2. The molecular weight excluding hydrogens is 258 g/mol. The molecule has 0 radical (unpaired) electrons. The third-order valence-corrected chi connectivity index (χ3v) is 4.38. The molecule has 2 aliphatic rings. The minimum Gasteiger partial charge on any atom is -0.378 e. The molecule has 0 aromatic carbocycles. The number of ether oxygens (including phenoxy) is 1. The third-order valence-electron chi connectivity index (χ3n) is 4.38. The van der Waals surface area contributed by atoms with E-state index in [0.717, 1.165) is 43.7 Å². The molecule has 0 spiro atoms. The Morgan fingerprint density at radius 2 is 2.30 bits per heavy atom. The molecule has 2 heterocycles. The van der Waals surface area contributed by atoms with Gasteiger partial charge in [0.15, 0.2) is 0 Å². The predicted molar refractivity (Wildman–Crippen MR) is 74.7 cm³/mol. The van der Waals surface area contributed by atoms with Crippen molar-refractivity contribution < 1.29 is 9.66 Å². The van der Waals surface area contributed by atoms with Crippen molar-refractivity contribution in [2.24, 2.45) is 5.92 Å². The number of nitro groups is 1. The van der Waals surface area contributed by atoms with E-state index in [4.69, 9.17) is 4.74 Å². The highest BCUT2D eigenvalue weighted by Crippen LogP contribution is 2.36. The summed E-state index contributed by atoms with van der Waals surface area (Å²) < 4.78 is 5.76. The average molecular weight is 277 g/mol. The van der Waals surface area contributed by atoms with Crippen molar-refractivity contribution in [1.29, 1.82) is 0 Å². The highest BCUT2D eigenvalue weighted by Gasteiger charge is 2.37. The molecule has 108 valence electrons. The van der Waals surface area contributed by atoms with Crippen LogP contribution >= 0.6 is 0 Å². The van der Waals surface area contributed by atoms with Gasteiger partial charge in [0.25, 0.3) is 5.69 Å². The Bertz CT molecular complexity index is 520.